The van der Waals surface area contributed by atoms with Crippen molar-refractivity contribution in [1.29, 1.82) is 0 Å². The minimum Gasteiger partial charge on any atom is -1.00 e. The van der Waals surface area contributed by atoms with Crippen molar-refractivity contribution in [3.63, 3.8) is 0 Å². The zero-order valence-electron chi connectivity index (χ0n) is 15.6. The zero-order chi connectivity index (χ0) is 13.0. The maximum atomic E-state index is 2.36. The van der Waals surface area contributed by atoms with Gasteiger partial charge in [-0.3, -0.25) is 0 Å². The van der Waals surface area contributed by atoms with Gasteiger partial charge in [-0.05, 0) is 25.7 Å². The van der Waals surface area contributed by atoms with Crippen LogP contribution in [0.1, 0.15) is 79.1 Å². The summed E-state index contributed by atoms with van der Waals surface area (Å²) in [6.45, 7) is 9.42. The summed E-state index contributed by atoms with van der Waals surface area (Å²) in [5.41, 5.74) is 0. The molecule has 8 heteroatoms. The molecule has 2 radical (unpaired) electrons. The minimum atomic E-state index is -0.562. The Balaban J connectivity index is -0.0000000610. The molecule has 154 valence electrons. The second-order valence-corrected chi connectivity index (χ2v) is 10.1. The van der Waals surface area contributed by atoms with Crippen LogP contribution in [-0.2, 0) is 0 Å². The molecule has 0 saturated heterocycles. The number of hydrogen-bond acceptors (Lipinski definition) is 0. The number of unbranched alkanes of at least 4 members (excludes halogenated alkanes) is 4. The summed E-state index contributed by atoms with van der Waals surface area (Å²) in [5, 5.41) is 0. The molecule has 0 amide bonds. The van der Waals surface area contributed by atoms with Gasteiger partial charge >= 0.3 is 24.4 Å². The Morgan fingerprint density at radius 2 is 0.583 bits per heavy atom. The van der Waals surface area contributed by atoms with Gasteiger partial charge in [0.2, 0.25) is 0 Å². The maximum absolute atomic E-state index is 2.36. The number of halogens is 6. The van der Waals surface area contributed by atoms with Gasteiger partial charge in [0.1, 0.15) is 0 Å². The van der Waals surface area contributed by atoms with E-state index < -0.39 is 7.26 Å². The summed E-state index contributed by atoms with van der Waals surface area (Å²) in [5.74, 6) is 0. The maximum Gasteiger partial charge on any atom is 3.00 e. The van der Waals surface area contributed by atoms with Crippen LogP contribution >= 0.6 is 7.26 Å². The van der Waals surface area contributed by atoms with E-state index >= 15 is 0 Å². The van der Waals surface area contributed by atoms with E-state index in [0.717, 1.165) is 0 Å². The van der Waals surface area contributed by atoms with Crippen molar-refractivity contribution in [2.45, 2.75) is 79.1 Å². The van der Waals surface area contributed by atoms with Gasteiger partial charge < -0.3 is 28.2 Å². The Morgan fingerprint density at radius 1 is 0.417 bits per heavy atom. The van der Waals surface area contributed by atoms with Crippen molar-refractivity contribution in [1.82, 2.24) is 0 Å². The van der Waals surface area contributed by atoms with E-state index in [4.69, 9.17) is 0 Å². The van der Waals surface area contributed by atoms with Crippen LogP contribution in [0.25, 0.3) is 0 Å². The first-order chi connectivity index (χ1) is 8.24. The fraction of sp³-hybridized carbons (Fsp3) is 1.00. The third kappa shape index (κ3) is 25.1. The molecule has 0 rings (SSSR count). The molecule has 0 aliphatic heterocycles. The minimum absolute atomic E-state index is 0. The molecule has 0 heterocycles. The van der Waals surface area contributed by atoms with Crippen molar-refractivity contribution in [3.05, 3.63) is 0 Å². The molecule has 0 atom stereocenters. The van der Waals surface area contributed by atoms with E-state index in [-0.39, 0.29) is 52.7 Å². The van der Waals surface area contributed by atoms with Crippen LogP contribution in [0.2, 0.25) is 0 Å². The van der Waals surface area contributed by atoms with Crippen LogP contribution in [0.4, 0.5) is 0 Å². The molecule has 0 aliphatic rings. The van der Waals surface area contributed by atoms with Gasteiger partial charge in [-0.25, -0.2) is 0 Å². The fourth-order valence-electron chi connectivity index (χ4n) is 2.64. The van der Waals surface area contributed by atoms with Crippen LogP contribution in [0.3, 0.4) is 0 Å². The largest absolute Gasteiger partial charge is 3.00 e. The van der Waals surface area contributed by atoms with E-state index in [1.807, 2.05) is 0 Å². The fourth-order valence-corrected chi connectivity index (χ4v) is 7.93. The topological polar surface area (TPSA) is 0 Å². The van der Waals surface area contributed by atoms with E-state index in [1.54, 1.807) is 24.6 Å². The SMILES string of the molecule is CCCC[P+](CCCC)(CCCC)CCCC.[F-].[F-].[F-].[F-].[F-].[F-].[Sb+3]. The normalized spacial score (nSPS) is 8.50. The molecule has 24 heavy (non-hydrogen) atoms. The molecule has 0 aromatic carbocycles. The molecule has 0 saturated carbocycles. The molecule has 0 spiro atoms. The monoisotopic (exact) mass is 494 g/mol. The first kappa shape index (κ1) is 49.8. The predicted octanol–water partition coefficient (Wildman–Crippen LogP) is -12.2. The van der Waals surface area contributed by atoms with Gasteiger partial charge in [0.15, 0.2) is 0 Å². The summed E-state index contributed by atoms with van der Waals surface area (Å²) in [6.07, 6.45) is 17.9. The zero-order valence-corrected chi connectivity index (χ0v) is 19.1. The summed E-state index contributed by atoms with van der Waals surface area (Å²) in [6, 6.07) is 0. The van der Waals surface area contributed by atoms with Crippen molar-refractivity contribution in [2.75, 3.05) is 24.6 Å². The number of hydrogen-bond donors (Lipinski definition) is 0. The van der Waals surface area contributed by atoms with E-state index in [0.29, 0.717) is 0 Å². The predicted molar refractivity (Wildman–Crippen MR) is 91.8 cm³/mol. The van der Waals surface area contributed by atoms with Crippen LogP contribution in [0.15, 0.2) is 0 Å². The average Bonchev–Trinajstić information content (AvgIpc) is 2.37. The van der Waals surface area contributed by atoms with E-state index in [2.05, 4.69) is 27.7 Å². The molecule has 0 N–H and O–H groups in total. The Labute approximate surface area is 163 Å². The van der Waals surface area contributed by atoms with E-state index in [1.165, 1.54) is 51.4 Å². The second kappa shape index (κ2) is 35.0. The molecular formula is C16H36F6PSb-2. The van der Waals surface area contributed by atoms with Crippen molar-refractivity contribution < 1.29 is 28.2 Å². The molecule has 0 fully saturated rings. The van der Waals surface area contributed by atoms with Crippen LogP contribution in [-0.4, -0.2) is 49.1 Å². The third-order valence-corrected chi connectivity index (χ3v) is 9.00. The molecular weight excluding hydrogens is 459 g/mol. The number of rotatable bonds is 12. The molecule has 0 aromatic rings. The second-order valence-electron chi connectivity index (χ2n) is 5.65. The van der Waals surface area contributed by atoms with Gasteiger partial charge in [-0.1, -0.05) is 53.4 Å². The van der Waals surface area contributed by atoms with Crippen molar-refractivity contribution >= 4 is 31.7 Å². The average molecular weight is 495 g/mol. The summed E-state index contributed by atoms with van der Waals surface area (Å²) < 4.78 is 0. The molecule has 0 aliphatic carbocycles. The third-order valence-electron chi connectivity index (χ3n) is 3.94. The van der Waals surface area contributed by atoms with Gasteiger partial charge in [0, 0.05) is 7.26 Å². The first-order valence-electron chi connectivity index (χ1n) is 8.09. The smallest absolute Gasteiger partial charge is 1.00 e. The van der Waals surface area contributed by atoms with Gasteiger partial charge in [0.25, 0.3) is 0 Å². The van der Waals surface area contributed by atoms with Gasteiger partial charge in [-0.15, -0.1) is 0 Å². The standard InChI is InChI=1S/C16H36P.6FH.Sb/c1-5-9-13-17(14-10-6-2,15-11-7-3)16-12-8-4;;;;;;;/h5-16H2,1-4H3;6*1H;/q+1;;;;;;;+3/p-6. The van der Waals surface area contributed by atoms with Gasteiger partial charge in [-0.2, -0.15) is 0 Å². The van der Waals surface area contributed by atoms with E-state index in [9.17, 15) is 0 Å². The molecule has 0 nitrogen and oxygen atoms in total. The Bertz CT molecular complexity index is 141. The quantitative estimate of drug-likeness (QED) is 0.144. The van der Waals surface area contributed by atoms with Crippen LogP contribution in [0, 0.1) is 0 Å². The Morgan fingerprint density at radius 3 is 0.708 bits per heavy atom. The Kier molecular flexibility index (Phi) is 72.7. The summed E-state index contributed by atoms with van der Waals surface area (Å²) in [4.78, 5) is 0. The van der Waals surface area contributed by atoms with Crippen molar-refractivity contribution in [3.8, 4) is 0 Å². The van der Waals surface area contributed by atoms with Crippen molar-refractivity contribution in [2.24, 2.45) is 0 Å². The summed E-state index contributed by atoms with van der Waals surface area (Å²) in [7, 11) is -0.562. The summed E-state index contributed by atoms with van der Waals surface area (Å²) >= 11 is 0. The van der Waals surface area contributed by atoms with Gasteiger partial charge in [0.05, 0.1) is 24.6 Å². The van der Waals surface area contributed by atoms with Crippen LogP contribution in [0.5, 0.6) is 0 Å². The molecule has 0 unspecified atom stereocenters. The molecule has 0 aromatic heterocycles. The molecule has 0 bridgehead atoms. The Hall–Kier alpha value is 0.828. The van der Waals surface area contributed by atoms with Crippen LogP contribution < -0.4 is 28.2 Å². The first-order valence-corrected chi connectivity index (χ1v) is 10.6.